The minimum Gasteiger partial charge on any atom is -0.493 e. The predicted octanol–water partition coefficient (Wildman–Crippen LogP) is 5.82. The first kappa shape index (κ1) is 20.6. The van der Waals surface area contributed by atoms with Crippen LogP contribution in [0.4, 0.5) is 4.39 Å². The van der Waals surface area contributed by atoms with E-state index in [1.807, 2.05) is 54.7 Å². The fourth-order valence-corrected chi connectivity index (χ4v) is 3.20. The summed E-state index contributed by atoms with van der Waals surface area (Å²) in [6, 6.07) is 21.6. The zero-order valence-corrected chi connectivity index (χ0v) is 17.6. The summed E-state index contributed by atoms with van der Waals surface area (Å²) in [4.78, 5) is 3.16. The van der Waals surface area contributed by atoms with E-state index < -0.39 is 0 Å². The van der Waals surface area contributed by atoms with Crippen LogP contribution in [0.15, 0.2) is 84.1 Å². The molecule has 4 rings (SSSR count). The molecule has 0 unspecified atom stereocenters. The van der Waals surface area contributed by atoms with Gasteiger partial charge in [0.2, 0.25) is 0 Å². The van der Waals surface area contributed by atoms with Gasteiger partial charge in [0, 0.05) is 0 Å². The highest BCUT2D eigenvalue weighted by Gasteiger charge is 2.07. The number of methoxy groups -OCH3 is 1. The Hall–Kier alpha value is -3.71. The minimum absolute atomic E-state index is 0.275. The Morgan fingerprint density at radius 3 is 2.55 bits per heavy atom. The quantitative estimate of drug-likeness (QED) is 0.295. The van der Waals surface area contributed by atoms with Crippen LogP contribution in [0.25, 0.3) is 11.3 Å². The molecule has 0 radical (unpaired) electrons. The van der Waals surface area contributed by atoms with Crippen LogP contribution in [-0.4, -0.2) is 23.0 Å². The van der Waals surface area contributed by atoms with Crippen molar-refractivity contribution in [2.24, 2.45) is 5.10 Å². The summed E-state index contributed by atoms with van der Waals surface area (Å²) in [5.41, 5.74) is 3.62. The van der Waals surface area contributed by atoms with E-state index in [1.54, 1.807) is 30.1 Å². The lowest BCUT2D eigenvalue weighted by Gasteiger charge is -2.11. The van der Waals surface area contributed by atoms with Gasteiger partial charge in [0.1, 0.15) is 12.4 Å². The number of imidazole rings is 1. The first-order chi connectivity index (χ1) is 15.1. The van der Waals surface area contributed by atoms with Gasteiger partial charge in [-0.1, -0.05) is 42.5 Å². The number of rotatable bonds is 7. The second kappa shape index (κ2) is 9.40. The Balaban J connectivity index is 1.49. The SMILES string of the molecule is COc1cc(/C=N\n2cc(-c3ccccc3)[nH]c2=S)ccc1OCc1ccc(F)cc1. The van der Waals surface area contributed by atoms with E-state index in [4.69, 9.17) is 21.7 Å². The summed E-state index contributed by atoms with van der Waals surface area (Å²) < 4.78 is 26.4. The highest BCUT2D eigenvalue weighted by Crippen LogP contribution is 2.28. The van der Waals surface area contributed by atoms with Crippen molar-refractivity contribution in [3.63, 3.8) is 0 Å². The van der Waals surface area contributed by atoms with Gasteiger partial charge in [-0.05, 0) is 59.2 Å². The van der Waals surface area contributed by atoms with Crippen molar-refractivity contribution < 1.29 is 13.9 Å². The Bertz CT molecular complexity index is 1250. The number of ether oxygens (including phenoxy) is 2. The van der Waals surface area contributed by atoms with Crippen molar-refractivity contribution in [3.8, 4) is 22.8 Å². The van der Waals surface area contributed by atoms with Gasteiger partial charge in [0.25, 0.3) is 0 Å². The van der Waals surface area contributed by atoms with Crippen molar-refractivity contribution in [1.82, 2.24) is 9.66 Å². The molecule has 0 spiro atoms. The maximum absolute atomic E-state index is 13.0. The molecule has 0 aliphatic rings. The first-order valence-electron chi connectivity index (χ1n) is 9.59. The Labute approximate surface area is 184 Å². The smallest absolute Gasteiger partial charge is 0.198 e. The summed E-state index contributed by atoms with van der Waals surface area (Å²) in [5, 5.41) is 4.45. The molecule has 0 aliphatic heterocycles. The molecule has 3 aromatic carbocycles. The van der Waals surface area contributed by atoms with Crippen LogP contribution in [0.5, 0.6) is 11.5 Å². The second-order valence-corrected chi connectivity index (χ2v) is 7.14. The monoisotopic (exact) mass is 433 g/mol. The highest BCUT2D eigenvalue weighted by atomic mass is 32.1. The molecule has 0 bridgehead atoms. The molecule has 156 valence electrons. The molecule has 0 saturated heterocycles. The third-order valence-corrected chi connectivity index (χ3v) is 4.90. The maximum atomic E-state index is 13.0. The molecule has 4 aromatic rings. The van der Waals surface area contributed by atoms with E-state index in [0.717, 1.165) is 22.4 Å². The van der Waals surface area contributed by atoms with Gasteiger partial charge in [-0.25, -0.2) is 9.07 Å². The molecular formula is C24H20FN3O2S. The summed E-state index contributed by atoms with van der Waals surface area (Å²) in [6.45, 7) is 0.310. The van der Waals surface area contributed by atoms with Gasteiger partial charge in [-0.3, -0.25) is 0 Å². The Morgan fingerprint density at radius 2 is 1.81 bits per heavy atom. The van der Waals surface area contributed by atoms with E-state index in [9.17, 15) is 4.39 Å². The van der Waals surface area contributed by atoms with Crippen LogP contribution in [0.3, 0.4) is 0 Å². The van der Waals surface area contributed by atoms with Crippen molar-refractivity contribution in [3.05, 3.63) is 101 Å². The largest absolute Gasteiger partial charge is 0.493 e. The molecule has 0 aliphatic carbocycles. The van der Waals surface area contributed by atoms with Gasteiger partial charge in [-0.15, -0.1) is 0 Å². The van der Waals surface area contributed by atoms with Crippen molar-refractivity contribution in [2.45, 2.75) is 6.61 Å². The molecule has 0 amide bonds. The van der Waals surface area contributed by atoms with Crippen molar-refractivity contribution >= 4 is 18.4 Å². The van der Waals surface area contributed by atoms with Crippen molar-refractivity contribution in [1.29, 1.82) is 0 Å². The molecule has 1 aromatic heterocycles. The minimum atomic E-state index is -0.275. The molecular weight excluding hydrogens is 413 g/mol. The lowest BCUT2D eigenvalue weighted by Crippen LogP contribution is -1.99. The van der Waals surface area contributed by atoms with E-state index in [0.29, 0.717) is 22.9 Å². The first-order valence-corrected chi connectivity index (χ1v) is 10.00. The number of nitrogens with zero attached hydrogens (tertiary/aromatic N) is 2. The number of aromatic amines is 1. The zero-order valence-electron chi connectivity index (χ0n) is 16.8. The second-order valence-electron chi connectivity index (χ2n) is 6.75. The van der Waals surface area contributed by atoms with Crippen LogP contribution < -0.4 is 9.47 Å². The fourth-order valence-electron chi connectivity index (χ4n) is 2.99. The molecule has 31 heavy (non-hydrogen) atoms. The van der Waals surface area contributed by atoms with Gasteiger partial charge >= 0.3 is 0 Å². The van der Waals surface area contributed by atoms with E-state index >= 15 is 0 Å². The summed E-state index contributed by atoms with van der Waals surface area (Å²) in [7, 11) is 1.58. The number of aromatic nitrogens is 2. The van der Waals surface area contributed by atoms with E-state index in [1.165, 1.54) is 12.1 Å². The molecule has 1 heterocycles. The number of H-pyrrole nitrogens is 1. The molecule has 0 saturated carbocycles. The van der Waals surface area contributed by atoms with Crippen LogP contribution in [0.1, 0.15) is 11.1 Å². The predicted molar refractivity (Wildman–Crippen MR) is 122 cm³/mol. The number of halogens is 1. The molecule has 7 heteroatoms. The van der Waals surface area contributed by atoms with E-state index in [2.05, 4.69) is 10.1 Å². The van der Waals surface area contributed by atoms with Crippen LogP contribution in [-0.2, 0) is 6.61 Å². The van der Waals surface area contributed by atoms with Gasteiger partial charge in [0.15, 0.2) is 16.3 Å². The van der Waals surface area contributed by atoms with Crippen LogP contribution >= 0.6 is 12.2 Å². The summed E-state index contributed by atoms with van der Waals surface area (Å²) in [6.07, 6.45) is 3.55. The lowest BCUT2D eigenvalue weighted by molar-refractivity contribution is 0.284. The average molecular weight is 434 g/mol. The molecule has 1 N–H and O–H groups in total. The summed E-state index contributed by atoms with van der Waals surface area (Å²) >= 11 is 5.37. The third-order valence-electron chi connectivity index (χ3n) is 4.61. The maximum Gasteiger partial charge on any atom is 0.198 e. The Morgan fingerprint density at radius 1 is 1.03 bits per heavy atom. The number of nitrogens with one attached hydrogen (secondary N) is 1. The zero-order chi connectivity index (χ0) is 21.6. The fraction of sp³-hybridized carbons (Fsp3) is 0.0833. The van der Waals surface area contributed by atoms with E-state index in [-0.39, 0.29) is 5.82 Å². The average Bonchev–Trinajstić information content (AvgIpc) is 3.18. The highest BCUT2D eigenvalue weighted by molar-refractivity contribution is 7.71. The van der Waals surface area contributed by atoms with Gasteiger partial charge < -0.3 is 14.5 Å². The standard InChI is InChI=1S/C24H20FN3O2S/c1-29-23-13-18(9-12-22(23)30-16-17-7-10-20(25)11-8-17)14-26-28-15-21(27-24(28)31)19-5-3-2-4-6-19/h2-15H,16H2,1H3,(H,27,31)/b26-14-. The Kier molecular flexibility index (Phi) is 6.24. The van der Waals surface area contributed by atoms with Crippen LogP contribution in [0.2, 0.25) is 0 Å². The summed E-state index contributed by atoms with van der Waals surface area (Å²) in [5.74, 6) is 0.894. The normalized spacial score (nSPS) is 11.0. The van der Waals surface area contributed by atoms with Crippen LogP contribution in [0, 0.1) is 10.6 Å². The molecule has 0 fully saturated rings. The number of hydrogen-bond acceptors (Lipinski definition) is 4. The third kappa shape index (κ3) is 5.07. The topological polar surface area (TPSA) is 51.5 Å². The molecule has 0 atom stereocenters. The van der Waals surface area contributed by atoms with Crippen molar-refractivity contribution in [2.75, 3.05) is 7.11 Å². The number of hydrogen-bond donors (Lipinski definition) is 1. The van der Waals surface area contributed by atoms with Gasteiger partial charge in [0.05, 0.1) is 25.2 Å². The number of benzene rings is 3. The lowest BCUT2D eigenvalue weighted by atomic mass is 10.2. The van der Waals surface area contributed by atoms with Gasteiger partial charge in [-0.2, -0.15) is 5.10 Å². The molecule has 5 nitrogen and oxygen atoms in total.